The number of anilines is 2. The van der Waals surface area contributed by atoms with E-state index in [1.807, 2.05) is 24.3 Å². The molecular formula is C10H16N2. The van der Waals surface area contributed by atoms with E-state index in [0.29, 0.717) is 0 Å². The third kappa shape index (κ3) is 1.91. The lowest BCUT2D eigenvalue weighted by Crippen LogP contribution is -2.18. The molecule has 2 heteroatoms. The van der Waals surface area contributed by atoms with Crippen molar-refractivity contribution in [3.8, 4) is 0 Å². The fourth-order valence-corrected chi connectivity index (χ4v) is 1.29. The van der Waals surface area contributed by atoms with Gasteiger partial charge in [0.2, 0.25) is 0 Å². The highest BCUT2D eigenvalue weighted by atomic mass is 15.1. The van der Waals surface area contributed by atoms with Crippen molar-refractivity contribution >= 4 is 11.4 Å². The van der Waals surface area contributed by atoms with Gasteiger partial charge in [0.05, 0.1) is 11.4 Å². The Morgan fingerprint density at radius 2 is 2.00 bits per heavy atom. The first-order chi connectivity index (χ1) is 5.75. The summed E-state index contributed by atoms with van der Waals surface area (Å²) in [5, 5.41) is 0. The Morgan fingerprint density at radius 3 is 2.58 bits per heavy atom. The molecule has 0 unspecified atom stereocenters. The zero-order chi connectivity index (χ0) is 8.97. The van der Waals surface area contributed by atoms with Crippen molar-refractivity contribution in [1.82, 2.24) is 0 Å². The standard InChI is InChI=1S/C10H16N2/c1-3-8-12(2)10-7-5-4-6-9(10)11/h4-7H,3,8,11H2,1-2H3. The van der Waals surface area contributed by atoms with E-state index in [4.69, 9.17) is 5.73 Å². The van der Waals surface area contributed by atoms with Gasteiger partial charge in [0.25, 0.3) is 0 Å². The van der Waals surface area contributed by atoms with Crippen molar-refractivity contribution in [1.29, 1.82) is 0 Å². The maximum Gasteiger partial charge on any atom is 0.0597 e. The maximum absolute atomic E-state index is 5.81. The summed E-state index contributed by atoms with van der Waals surface area (Å²) in [7, 11) is 2.06. The van der Waals surface area contributed by atoms with Crippen LogP contribution in [0.1, 0.15) is 13.3 Å². The highest BCUT2D eigenvalue weighted by Gasteiger charge is 2.01. The van der Waals surface area contributed by atoms with Crippen molar-refractivity contribution in [3.63, 3.8) is 0 Å². The lowest BCUT2D eigenvalue weighted by molar-refractivity contribution is 0.853. The summed E-state index contributed by atoms with van der Waals surface area (Å²) in [5.74, 6) is 0. The molecule has 1 aromatic carbocycles. The molecule has 0 saturated heterocycles. The van der Waals surface area contributed by atoms with Crippen molar-refractivity contribution < 1.29 is 0 Å². The van der Waals surface area contributed by atoms with E-state index in [2.05, 4.69) is 18.9 Å². The number of rotatable bonds is 3. The first-order valence-corrected chi connectivity index (χ1v) is 4.31. The monoisotopic (exact) mass is 164 g/mol. The molecule has 0 fully saturated rings. The van der Waals surface area contributed by atoms with E-state index >= 15 is 0 Å². The van der Waals surface area contributed by atoms with E-state index in [9.17, 15) is 0 Å². The Kier molecular flexibility index (Phi) is 2.97. The van der Waals surface area contributed by atoms with Crippen LogP contribution < -0.4 is 10.6 Å². The second-order valence-corrected chi connectivity index (χ2v) is 2.98. The molecule has 1 aromatic rings. The summed E-state index contributed by atoms with van der Waals surface area (Å²) in [5.41, 5.74) is 7.79. The van der Waals surface area contributed by atoms with Crippen molar-refractivity contribution in [2.24, 2.45) is 0 Å². The largest absolute Gasteiger partial charge is 0.397 e. The molecule has 2 N–H and O–H groups in total. The Balaban J connectivity index is 2.79. The number of hydrogen-bond donors (Lipinski definition) is 1. The highest BCUT2D eigenvalue weighted by molar-refractivity contribution is 5.66. The summed E-state index contributed by atoms with van der Waals surface area (Å²) in [6.45, 7) is 3.21. The summed E-state index contributed by atoms with van der Waals surface area (Å²) in [6, 6.07) is 7.95. The smallest absolute Gasteiger partial charge is 0.0597 e. The van der Waals surface area contributed by atoms with Crippen molar-refractivity contribution in [3.05, 3.63) is 24.3 Å². The van der Waals surface area contributed by atoms with E-state index < -0.39 is 0 Å². The maximum atomic E-state index is 5.81. The minimum Gasteiger partial charge on any atom is -0.397 e. The molecule has 0 heterocycles. The fourth-order valence-electron chi connectivity index (χ4n) is 1.29. The van der Waals surface area contributed by atoms with Gasteiger partial charge in [-0.1, -0.05) is 19.1 Å². The summed E-state index contributed by atoms with van der Waals surface area (Å²) in [4.78, 5) is 2.18. The molecule has 0 spiro atoms. The second kappa shape index (κ2) is 4.00. The van der Waals surface area contributed by atoms with Crippen LogP contribution in [0, 0.1) is 0 Å². The van der Waals surface area contributed by atoms with Crippen LogP contribution in [-0.2, 0) is 0 Å². The number of hydrogen-bond acceptors (Lipinski definition) is 2. The van der Waals surface area contributed by atoms with Crippen LogP contribution in [0.3, 0.4) is 0 Å². The molecule has 0 bridgehead atoms. The molecule has 12 heavy (non-hydrogen) atoms. The Hall–Kier alpha value is -1.18. The summed E-state index contributed by atoms with van der Waals surface area (Å²) >= 11 is 0. The van der Waals surface area contributed by atoms with E-state index in [1.165, 1.54) is 0 Å². The van der Waals surface area contributed by atoms with Crippen LogP contribution in [-0.4, -0.2) is 13.6 Å². The molecule has 0 aromatic heterocycles. The Morgan fingerprint density at radius 1 is 1.33 bits per heavy atom. The number of nitrogens with zero attached hydrogens (tertiary/aromatic N) is 1. The van der Waals surface area contributed by atoms with Crippen molar-refractivity contribution in [2.75, 3.05) is 24.2 Å². The van der Waals surface area contributed by atoms with Crippen LogP contribution in [0.2, 0.25) is 0 Å². The topological polar surface area (TPSA) is 29.3 Å². The van der Waals surface area contributed by atoms with Gasteiger partial charge in [0.1, 0.15) is 0 Å². The molecule has 0 atom stereocenters. The predicted octanol–water partition coefficient (Wildman–Crippen LogP) is 2.12. The summed E-state index contributed by atoms with van der Waals surface area (Å²) < 4.78 is 0. The number of benzene rings is 1. The van der Waals surface area contributed by atoms with Crippen LogP contribution in [0.15, 0.2) is 24.3 Å². The van der Waals surface area contributed by atoms with Gasteiger partial charge in [0, 0.05) is 13.6 Å². The summed E-state index contributed by atoms with van der Waals surface area (Å²) in [6.07, 6.45) is 1.14. The highest BCUT2D eigenvalue weighted by Crippen LogP contribution is 2.20. The molecule has 2 nitrogen and oxygen atoms in total. The molecule has 0 amide bonds. The Labute approximate surface area is 74.0 Å². The first-order valence-electron chi connectivity index (χ1n) is 4.31. The zero-order valence-electron chi connectivity index (χ0n) is 7.75. The van der Waals surface area contributed by atoms with Crippen LogP contribution in [0.5, 0.6) is 0 Å². The molecule has 1 rings (SSSR count). The number of nitrogen functional groups attached to an aromatic ring is 1. The van der Waals surface area contributed by atoms with Gasteiger partial charge < -0.3 is 10.6 Å². The predicted molar refractivity (Wildman–Crippen MR) is 54.4 cm³/mol. The van der Waals surface area contributed by atoms with E-state index in [1.54, 1.807) is 0 Å². The quantitative estimate of drug-likeness (QED) is 0.693. The van der Waals surface area contributed by atoms with Crippen LogP contribution in [0.25, 0.3) is 0 Å². The average molecular weight is 164 g/mol. The average Bonchev–Trinajstić information content (AvgIpc) is 2.05. The molecule has 0 aliphatic carbocycles. The van der Waals surface area contributed by atoms with Crippen LogP contribution in [0.4, 0.5) is 11.4 Å². The minimum atomic E-state index is 0.855. The molecule has 0 saturated carbocycles. The van der Waals surface area contributed by atoms with Crippen LogP contribution >= 0.6 is 0 Å². The second-order valence-electron chi connectivity index (χ2n) is 2.98. The van der Waals surface area contributed by atoms with Gasteiger partial charge in [0.15, 0.2) is 0 Å². The van der Waals surface area contributed by atoms with Gasteiger partial charge in [-0.15, -0.1) is 0 Å². The van der Waals surface area contributed by atoms with Gasteiger partial charge in [-0.3, -0.25) is 0 Å². The lowest BCUT2D eigenvalue weighted by Gasteiger charge is -2.19. The number of nitrogens with two attached hydrogens (primary N) is 1. The third-order valence-corrected chi connectivity index (χ3v) is 1.91. The number of para-hydroxylation sites is 2. The zero-order valence-corrected chi connectivity index (χ0v) is 7.75. The van der Waals surface area contributed by atoms with E-state index in [-0.39, 0.29) is 0 Å². The minimum absolute atomic E-state index is 0.855. The molecular weight excluding hydrogens is 148 g/mol. The molecule has 66 valence electrons. The van der Waals surface area contributed by atoms with Gasteiger partial charge in [-0.2, -0.15) is 0 Å². The molecule has 0 aliphatic heterocycles. The first kappa shape index (κ1) is 8.91. The van der Waals surface area contributed by atoms with Gasteiger partial charge >= 0.3 is 0 Å². The van der Waals surface area contributed by atoms with E-state index in [0.717, 1.165) is 24.3 Å². The van der Waals surface area contributed by atoms with Gasteiger partial charge in [-0.05, 0) is 18.6 Å². The molecule has 0 radical (unpaired) electrons. The normalized spacial score (nSPS) is 9.83. The lowest BCUT2D eigenvalue weighted by atomic mass is 10.2. The fraction of sp³-hybridized carbons (Fsp3) is 0.400. The Bertz CT molecular complexity index is 245. The van der Waals surface area contributed by atoms with Crippen molar-refractivity contribution in [2.45, 2.75) is 13.3 Å². The van der Waals surface area contributed by atoms with Gasteiger partial charge in [-0.25, -0.2) is 0 Å². The SMILES string of the molecule is CCCN(C)c1ccccc1N. The third-order valence-electron chi connectivity index (χ3n) is 1.91. The molecule has 0 aliphatic rings.